The van der Waals surface area contributed by atoms with Crippen LogP contribution in [-0.4, -0.2) is 17.3 Å². The lowest BCUT2D eigenvalue weighted by Gasteiger charge is -2.11. The van der Waals surface area contributed by atoms with Gasteiger partial charge >= 0.3 is 0 Å². The summed E-state index contributed by atoms with van der Waals surface area (Å²) < 4.78 is 4.78. The quantitative estimate of drug-likeness (QED) is 0.596. The Hall–Kier alpha value is -0.290. The van der Waals surface area contributed by atoms with Crippen LogP contribution in [0.2, 0.25) is 0 Å². The van der Waals surface area contributed by atoms with E-state index in [1.807, 2.05) is 0 Å². The second kappa shape index (κ2) is 3.03. The maximum atomic E-state index is 8.91. The summed E-state index contributed by atoms with van der Waals surface area (Å²) in [5.74, 6) is 1.61. The van der Waals surface area contributed by atoms with Crippen LogP contribution in [0.5, 0.6) is 0 Å². The van der Waals surface area contributed by atoms with Crippen LogP contribution in [0.3, 0.4) is 0 Å². The second-order valence-corrected chi connectivity index (χ2v) is 3.77. The molecule has 0 spiro atoms. The van der Waals surface area contributed by atoms with Crippen molar-refractivity contribution < 1.29 is 9.42 Å². The molecule has 3 nitrogen and oxygen atoms in total. The van der Waals surface area contributed by atoms with Crippen LogP contribution in [0.25, 0.3) is 0 Å². The van der Waals surface area contributed by atoms with Crippen LogP contribution in [-0.2, 0) is 4.52 Å². The lowest BCUT2D eigenvalue weighted by atomic mass is 10.5. The van der Waals surface area contributed by atoms with Gasteiger partial charge < -0.3 is 9.42 Å². The van der Waals surface area contributed by atoms with Crippen LogP contribution in [0.4, 0.5) is 0 Å². The highest BCUT2D eigenvalue weighted by Crippen LogP contribution is 2.40. The maximum absolute atomic E-state index is 8.91. The summed E-state index contributed by atoms with van der Waals surface area (Å²) in [6.07, 6.45) is 3.07. The van der Waals surface area contributed by atoms with Crippen molar-refractivity contribution in [2.45, 2.75) is 20.0 Å². The van der Waals surface area contributed by atoms with Gasteiger partial charge in [0, 0.05) is 0 Å². The summed E-state index contributed by atoms with van der Waals surface area (Å²) in [6.45, 7) is 3.49. The Kier molecular flexibility index (Phi) is 2.93. The van der Waals surface area contributed by atoms with Gasteiger partial charge in [0.1, 0.15) is 5.81 Å². The third-order valence-corrected chi connectivity index (χ3v) is 1.62. The Morgan fingerprint density at radius 1 is 1.78 bits per heavy atom. The summed E-state index contributed by atoms with van der Waals surface area (Å²) in [5.41, 5.74) is 0. The molecule has 9 heavy (non-hydrogen) atoms. The van der Waals surface area contributed by atoms with Gasteiger partial charge in [0.2, 0.25) is 7.34 Å². The van der Waals surface area contributed by atoms with E-state index in [-0.39, 0.29) is 6.10 Å². The van der Waals surface area contributed by atoms with E-state index in [0.29, 0.717) is 0 Å². The molecule has 52 valence electrons. The lowest BCUT2D eigenvalue weighted by Crippen LogP contribution is -1.98. The number of nitrogens with zero attached hydrogens (tertiary/aromatic N) is 1. The number of nitriles is 1. The van der Waals surface area contributed by atoms with Gasteiger partial charge in [-0.05, 0) is 20.1 Å². The summed E-state index contributed by atoms with van der Waals surface area (Å²) >= 11 is 0. The van der Waals surface area contributed by atoms with E-state index < -0.39 is 7.34 Å². The first kappa shape index (κ1) is 8.71. The molecular weight excluding hydrogens is 137 g/mol. The topological polar surface area (TPSA) is 53.2 Å². The van der Waals surface area contributed by atoms with Gasteiger partial charge in [0.25, 0.3) is 0 Å². The fourth-order valence-electron chi connectivity index (χ4n) is 0.372. The maximum Gasteiger partial charge on any atom is 0.216 e. The van der Waals surface area contributed by atoms with Crippen molar-refractivity contribution in [3.05, 3.63) is 0 Å². The molecule has 0 aliphatic heterocycles. The molecule has 0 aromatic carbocycles. The largest absolute Gasteiger partial charge is 0.343 e. The normalized spacial score (nSPS) is 16.8. The van der Waals surface area contributed by atoms with Crippen LogP contribution in [0.1, 0.15) is 13.8 Å². The van der Waals surface area contributed by atoms with Crippen molar-refractivity contribution >= 4 is 13.6 Å². The minimum Gasteiger partial charge on any atom is -0.343 e. The highest BCUT2D eigenvalue weighted by Gasteiger charge is 2.09. The van der Waals surface area contributed by atoms with Gasteiger partial charge in [-0.25, -0.2) is 0 Å². The Labute approximate surface area is 55.0 Å². The predicted octanol–water partition coefficient (Wildman–Crippen LogP) is 1.16. The van der Waals surface area contributed by atoms with Gasteiger partial charge in [0.05, 0.1) is 6.10 Å². The smallest absolute Gasteiger partial charge is 0.216 e. The lowest BCUT2D eigenvalue weighted by molar-refractivity contribution is 0.244. The zero-order valence-corrected chi connectivity index (χ0v) is 6.43. The third-order valence-electron chi connectivity index (χ3n) is 0.541. The zero-order chi connectivity index (χ0) is 7.49. The van der Waals surface area contributed by atoms with E-state index in [4.69, 9.17) is 14.7 Å². The molecule has 0 aromatic rings. The molecule has 1 atom stereocenters. The van der Waals surface area contributed by atoms with E-state index >= 15 is 0 Å². The standard InChI is InChI=1S/C5H10NO2P/c1-5(2)8-9(3,7)4-6/h5,7H,3H2,1-2H3. The molecule has 0 aliphatic carbocycles. The number of rotatable bonds is 2. The first-order chi connectivity index (χ1) is 3.98. The average Bonchev–Trinajstić information content (AvgIpc) is 1.63. The monoisotopic (exact) mass is 147 g/mol. The minimum atomic E-state index is -2.92. The van der Waals surface area contributed by atoms with Crippen molar-refractivity contribution in [3.63, 3.8) is 0 Å². The molecule has 1 N–H and O–H groups in total. The molecule has 0 saturated carbocycles. The van der Waals surface area contributed by atoms with Crippen molar-refractivity contribution in [1.82, 2.24) is 0 Å². The van der Waals surface area contributed by atoms with E-state index in [2.05, 4.69) is 6.30 Å². The van der Waals surface area contributed by atoms with Gasteiger partial charge in [-0.1, -0.05) is 0 Å². The third kappa shape index (κ3) is 4.23. The molecule has 0 saturated heterocycles. The Morgan fingerprint density at radius 3 is 2.33 bits per heavy atom. The van der Waals surface area contributed by atoms with Crippen molar-refractivity contribution in [2.75, 3.05) is 0 Å². The first-order valence-corrected chi connectivity index (χ1v) is 4.38. The second-order valence-electron chi connectivity index (χ2n) is 1.96. The van der Waals surface area contributed by atoms with Crippen LogP contribution >= 0.6 is 7.34 Å². The van der Waals surface area contributed by atoms with E-state index in [0.717, 1.165) is 0 Å². The van der Waals surface area contributed by atoms with Gasteiger partial charge in [-0.15, -0.1) is 0 Å². The fourth-order valence-corrected chi connectivity index (χ4v) is 1.12. The highest BCUT2D eigenvalue weighted by molar-refractivity contribution is 7.68. The number of hydrogen-bond acceptors (Lipinski definition) is 3. The molecule has 0 aromatic heterocycles. The molecule has 0 amide bonds. The SMILES string of the molecule is C=P(O)(C#N)OC(C)C. The number of hydrogen-bond donors (Lipinski definition) is 1. The van der Waals surface area contributed by atoms with Gasteiger partial charge in [-0.3, -0.25) is 0 Å². The molecule has 0 bridgehead atoms. The fraction of sp³-hybridized carbons (Fsp3) is 0.600. The molecule has 4 heteroatoms. The molecule has 0 rings (SSSR count). The Balaban J connectivity index is 3.93. The Morgan fingerprint density at radius 2 is 2.22 bits per heavy atom. The summed E-state index contributed by atoms with van der Waals surface area (Å²) in [4.78, 5) is 8.91. The van der Waals surface area contributed by atoms with Crippen molar-refractivity contribution in [1.29, 1.82) is 5.26 Å². The van der Waals surface area contributed by atoms with Crippen LogP contribution < -0.4 is 0 Å². The molecule has 0 fully saturated rings. The highest BCUT2D eigenvalue weighted by atomic mass is 31.2. The van der Waals surface area contributed by atoms with Crippen LogP contribution in [0.15, 0.2) is 0 Å². The summed E-state index contributed by atoms with van der Waals surface area (Å²) in [7, 11) is -2.92. The molecule has 1 unspecified atom stereocenters. The molecule has 0 radical (unpaired) electrons. The van der Waals surface area contributed by atoms with E-state index in [1.165, 1.54) is 0 Å². The predicted molar refractivity (Wildman–Crippen MR) is 38.1 cm³/mol. The molecule has 0 aliphatic rings. The van der Waals surface area contributed by atoms with E-state index in [1.54, 1.807) is 19.7 Å². The van der Waals surface area contributed by atoms with E-state index in [9.17, 15) is 0 Å². The first-order valence-electron chi connectivity index (χ1n) is 2.54. The summed E-state index contributed by atoms with van der Waals surface area (Å²) in [5, 5.41) is 8.20. The molecular formula is C5H10NO2P. The molecule has 0 heterocycles. The van der Waals surface area contributed by atoms with Crippen LogP contribution in [0, 0.1) is 11.1 Å². The van der Waals surface area contributed by atoms with Crippen molar-refractivity contribution in [3.8, 4) is 5.81 Å². The Bertz CT molecular complexity index is 170. The average molecular weight is 147 g/mol. The minimum absolute atomic E-state index is 0.138. The van der Waals surface area contributed by atoms with Gasteiger partial charge in [-0.2, -0.15) is 5.26 Å². The van der Waals surface area contributed by atoms with Gasteiger partial charge in [0.15, 0.2) is 0 Å². The van der Waals surface area contributed by atoms with Crippen molar-refractivity contribution in [2.24, 2.45) is 0 Å². The summed E-state index contributed by atoms with van der Waals surface area (Å²) in [6, 6.07) is 0. The zero-order valence-electron chi connectivity index (χ0n) is 5.53.